The van der Waals surface area contributed by atoms with E-state index in [1.165, 1.54) is 0 Å². The second-order valence-electron chi connectivity index (χ2n) is 13.6. The van der Waals surface area contributed by atoms with Gasteiger partial charge in [-0.1, -0.05) is 24.3 Å². The molecule has 2 N–H and O–H groups in total. The Bertz CT molecular complexity index is 1960. The van der Waals surface area contributed by atoms with Crippen molar-refractivity contribution in [2.24, 2.45) is 5.92 Å². The molecule has 4 fully saturated rings. The zero-order valence-corrected chi connectivity index (χ0v) is 26.5. The summed E-state index contributed by atoms with van der Waals surface area (Å²) in [5.74, 6) is 0.172. The van der Waals surface area contributed by atoms with E-state index in [0.717, 1.165) is 67.2 Å². The van der Waals surface area contributed by atoms with E-state index in [1.54, 1.807) is 17.0 Å². The third-order valence-electron chi connectivity index (χ3n) is 11.0. The van der Waals surface area contributed by atoms with Gasteiger partial charge in [0.2, 0.25) is 5.88 Å². The third kappa shape index (κ3) is 4.82. The van der Waals surface area contributed by atoms with Crippen molar-refractivity contribution >= 4 is 33.5 Å². The number of likely N-dealkylation sites (N-methyl/N-ethyl adjacent to an activating group) is 1. The number of aromatic hydroxyl groups is 1. The molecule has 1 saturated carbocycles. The number of aryl methyl sites for hydroxylation is 1. The van der Waals surface area contributed by atoms with Crippen LogP contribution in [0, 0.1) is 23.1 Å². The topological polar surface area (TPSA) is 113 Å². The van der Waals surface area contributed by atoms with Gasteiger partial charge in [-0.05, 0) is 92.2 Å². The van der Waals surface area contributed by atoms with Gasteiger partial charge in [-0.15, -0.1) is 0 Å². The molecule has 4 aromatic rings. The second kappa shape index (κ2) is 11.6. The Balaban J connectivity index is 1.35. The SMILES string of the molecule is CN1CCC[C@H]1COc1nc2c(F)c(-c3cc(O)cc4ccccc34)c(CCC#N)cc2c2c1CCCN2C1C2CC1N(C(=O)O)C2. The monoisotopic (exact) mass is 635 g/mol. The molecular weight excluding hydrogens is 597 g/mol. The first-order chi connectivity index (χ1) is 22.8. The van der Waals surface area contributed by atoms with Crippen LogP contribution in [0.4, 0.5) is 14.9 Å². The Morgan fingerprint density at radius 2 is 2.02 bits per heavy atom. The summed E-state index contributed by atoms with van der Waals surface area (Å²) in [6.45, 7) is 2.70. The van der Waals surface area contributed by atoms with E-state index in [2.05, 4.69) is 22.9 Å². The zero-order chi connectivity index (χ0) is 32.4. The van der Waals surface area contributed by atoms with E-state index in [0.29, 0.717) is 47.5 Å². The number of likely N-dealkylation sites (tertiary alicyclic amines) is 1. The lowest BCUT2D eigenvalue weighted by atomic mass is 9.77. The molecular formula is C37H38FN5O4. The number of benzene rings is 3. The number of pyridine rings is 1. The van der Waals surface area contributed by atoms with Gasteiger partial charge in [0.15, 0.2) is 5.82 Å². The first kappa shape index (κ1) is 29.8. The lowest BCUT2D eigenvalue weighted by Crippen LogP contribution is -2.57. The maximum atomic E-state index is 17.4. The number of halogens is 1. The smallest absolute Gasteiger partial charge is 0.407 e. The molecule has 5 aliphatic rings. The number of fused-ring (bicyclic) bond motifs is 5. The number of ether oxygens (including phenoxy) is 1. The molecule has 4 aliphatic heterocycles. The van der Waals surface area contributed by atoms with Crippen LogP contribution in [-0.4, -0.2) is 82.5 Å². The Labute approximate surface area is 272 Å². The summed E-state index contributed by atoms with van der Waals surface area (Å²) in [5.41, 5.74) is 3.57. The van der Waals surface area contributed by atoms with Gasteiger partial charge in [0.05, 0.1) is 23.8 Å². The zero-order valence-electron chi connectivity index (χ0n) is 26.5. The Kier molecular flexibility index (Phi) is 7.32. The van der Waals surface area contributed by atoms with E-state index < -0.39 is 11.9 Å². The van der Waals surface area contributed by atoms with E-state index in [-0.39, 0.29) is 41.7 Å². The van der Waals surface area contributed by atoms with Crippen LogP contribution in [0.15, 0.2) is 42.5 Å². The Morgan fingerprint density at radius 3 is 2.79 bits per heavy atom. The maximum absolute atomic E-state index is 17.4. The number of amides is 1. The third-order valence-corrected chi connectivity index (χ3v) is 11.0. The molecule has 9 nitrogen and oxygen atoms in total. The summed E-state index contributed by atoms with van der Waals surface area (Å²) >= 11 is 0. The van der Waals surface area contributed by atoms with Crippen LogP contribution >= 0.6 is 0 Å². The quantitative estimate of drug-likeness (QED) is 0.242. The number of hydrogen-bond acceptors (Lipinski definition) is 7. The van der Waals surface area contributed by atoms with Crippen LogP contribution in [0.5, 0.6) is 11.6 Å². The molecule has 0 radical (unpaired) electrons. The van der Waals surface area contributed by atoms with Crippen LogP contribution in [-0.2, 0) is 12.8 Å². The molecule has 1 amide bonds. The van der Waals surface area contributed by atoms with E-state index >= 15 is 4.39 Å². The first-order valence-corrected chi connectivity index (χ1v) is 16.7. The predicted octanol–water partition coefficient (Wildman–Crippen LogP) is 6.33. The summed E-state index contributed by atoms with van der Waals surface area (Å²) in [6, 6.07) is 15.2. The van der Waals surface area contributed by atoms with Crippen molar-refractivity contribution < 1.29 is 24.1 Å². The van der Waals surface area contributed by atoms with Crippen molar-refractivity contribution in [1.82, 2.24) is 14.8 Å². The average molecular weight is 636 g/mol. The molecule has 1 aliphatic carbocycles. The molecule has 3 unspecified atom stereocenters. The minimum absolute atomic E-state index is 0.00451. The second-order valence-corrected chi connectivity index (χ2v) is 13.6. The fraction of sp³-hybridized carbons (Fsp3) is 0.432. The minimum Gasteiger partial charge on any atom is -0.508 e. The van der Waals surface area contributed by atoms with Gasteiger partial charge >= 0.3 is 6.09 Å². The number of carbonyl (C=O) groups is 1. The van der Waals surface area contributed by atoms with Gasteiger partial charge in [0.1, 0.15) is 17.9 Å². The number of aromatic nitrogens is 1. The number of anilines is 1. The van der Waals surface area contributed by atoms with Crippen molar-refractivity contribution in [3.63, 3.8) is 0 Å². The van der Waals surface area contributed by atoms with Crippen molar-refractivity contribution in [2.45, 2.75) is 63.1 Å². The van der Waals surface area contributed by atoms with Crippen molar-refractivity contribution in [2.75, 3.05) is 38.2 Å². The molecule has 3 saturated heterocycles. The number of carboxylic acid groups (broad SMARTS) is 1. The van der Waals surface area contributed by atoms with E-state index in [4.69, 9.17) is 9.72 Å². The number of rotatable bonds is 7. The number of phenolic OH excluding ortho intramolecular Hbond substituents is 1. The number of nitrogens with zero attached hydrogens (tertiary/aromatic N) is 5. The highest BCUT2D eigenvalue weighted by Gasteiger charge is 2.57. The van der Waals surface area contributed by atoms with Crippen LogP contribution in [0.1, 0.15) is 43.2 Å². The molecule has 1 aromatic heterocycles. The largest absolute Gasteiger partial charge is 0.508 e. The molecule has 2 bridgehead atoms. The first-order valence-electron chi connectivity index (χ1n) is 16.7. The van der Waals surface area contributed by atoms with Crippen LogP contribution in [0.2, 0.25) is 0 Å². The minimum atomic E-state index is -0.894. The highest BCUT2D eigenvalue weighted by Crippen LogP contribution is 2.51. The molecule has 47 heavy (non-hydrogen) atoms. The van der Waals surface area contributed by atoms with Gasteiger partial charge in [0, 0.05) is 48.0 Å². The van der Waals surface area contributed by atoms with Crippen LogP contribution in [0.3, 0.4) is 0 Å². The number of nitriles is 1. The van der Waals surface area contributed by atoms with E-state index in [9.17, 15) is 20.3 Å². The Morgan fingerprint density at radius 1 is 1.17 bits per heavy atom. The lowest BCUT2D eigenvalue weighted by Gasteiger charge is -2.47. The average Bonchev–Trinajstić information content (AvgIpc) is 3.79. The molecule has 10 heteroatoms. The van der Waals surface area contributed by atoms with E-state index in [1.807, 2.05) is 30.3 Å². The summed E-state index contributed by atoms with van der Waals surface area (Å²) in [6.07, 6.45) is 4.18. The summed E-state index contributed by atoms with van der Waals surface area (Å²) in [7, 11) is 2.10. The molecule has 4 atom stereocenters. The summed E-state index contributed by atoms with van der Waals surface area (Å²) in [5, 5.41) is 32.5. The van der Waals surface area contributed by atoms with Gasteiger partial charge in [-0.25, -0.2) is 14.2 Å². The van der Waals surface area contributed by atoms with Gasteiger partial charge < -0.3 is 29.6 Å². The molecule has 3 aromatic carbocycles. The fourth-order valence-electron chi connectivity index (χ4n) is 8.74. The van der Waals surface area contributed by atoms with Crippen molar-refractivity contribution in [3.05, 3.63) is 59.4 Å². The maximum Gasteiger partial charge on any atom is 0.407 e. The molecule has 242 valence electrons. The fourth-order valence-corrected chi connectivity index (χ4v) is 8.74. The van der Waals surface area contributed by atoms with Gasteiger partial charge in [0.25, 0.3) is 0 Å². The van der Waals surface area contributed by atoms with Gasteiger partial charge in [-0.3, -0.25) is 0 Å². The predicted molar refractivity (Wildman–Crippen MR) is 177 cm³/mol. The molecule has 9 rings (SSSR count). The summed E-state index contributed by atoms with van der Waals surface area (Å²) in [4.78, 5) is 23.2. The van der Waals surface area contributed by atoms with Crippen LogP contribution < -0.4 is 9.64 Å². The molecule has 5 heterocycles. The van der Waals surface area contributed by atoms with Crippen molar-refractivity contribution in [1.29, 1.82) is 5.26 Å². The van der Waals surface area contributed by atoms with Crippen LogP contribution in [0.25, 0.3) is 32.8 Å². The Hall–Kier alpha value is -4.62. The standard InChI is InChI=1S/C37H38FN5O4/c1-41-13-5-9-24(41)20-47-36-27-11-6-14-42(34-23-17-30(34)43(19-23)37(45)46)35(27)29-16-22(8-4-12-39)31(32(38)33(29)40-36)28-18-25(44)15-21-7-2-3-10-26(21)28/h2-3,7,10,15-16,18,23-24,30,34,44H,4-6,8-9,11,13-14,17,19-20H2,1H3,(H,45,46)/t23?,24-,30?,34?/m0/s1. The number of hydrogen-bond donors (Lipinski definition) is 2. The summed E-state index contributed by atoms with van der Waals surface area (Å²) < 4.78 is 23.9. The number of phenols is 1. The van der Waals surface area contributed by atoms with Gasteiger partial charge in [-0.2, -0.15) is 5.26 Å². The normalized spacial score (nSPS) is 23.6. The molecule has 0 spiro atoms. The highest BCUT2D eigenvalue weighted by molar-refractivity contribution is 6.04. The van der Waals surface area contributed by atoms with Crippen molar-refractivity contribution in [3.8, 4) is 28.8 Å². The lowest BCUT2D eigenvalue weighted by molar-refractivity contribution is 0.136. The highest BCUT2D eigenvalue weighted by atomic mass is 19.1.